The summed E-state index contributed by atoms with van der Waals surface area (Å²) >= 11 is 0. The smallest absolute Gasteiger partial charge is 0.328 e. The molecule has 1 atom stereocenters. The molecule has 3 rings (SSSR count). The Labute approximate surface area is 155 Å². The van der Waals surface area contributed by atoms with E-state index in [2.05, 4.69) is 15.2 Å². The van der Waals surface area contributed by atoms with Crippen molar-refractivity contribution >= 4 is 11.9 Å². The second kappa shape index (κ2) is 7.82. The monoisotopic (exact) mass is 367 g/mol. The third kappa shape index (κ3) is 4.03. The number of rotatable bonds is 5. The van der Waals surface area contributed by atoms with Gasteiger partial charge < -0.3 is 10.1 Å². The summed E-state index contributed by atoms with van der Waals surface area (Å²) in [7, 11) is 1.25. The summed E-state index contributed by atoms with van der Waals surface area (Å²) in [6.45, 7) is 1.53. The second-order valence-electron chi connectivity index (χ2n) is 5.90. The summed E-state index contributed by atoms with van der Waals surface area (Å²) in [5.74, 6) is -1.41. The number of carbonyl (C=O) groups excluding carboxylic acids is 2. The molecular weight excluding hydrogens is 349 g/mol. The van der Waals surface area contributed by atoms with Crippen LogP contribution in [0.2, 0.25) is 0 Å². The highest BCUT2D eigenvalue weighted by Gasteiger charge is 2.22. The lowest BCUT2D eigenvalue weighted by atomic mass is 10.1. The van der Waals surface area contributed by atoms with Crippen molar-refractivity contribution in [2.75, 3.05) is 7.11 Å². The van der Waals surface area contributed by atoms with Crippen LogP contribution in [0.25, 0.3) is 16.9 Å². The largest absolute Gasteiger partial charge is 0.467 e. The molecule has 138 valence electrons. The van der Waals surface area contributed by atoms with E-state index in [0.29, 0.717) is 11.3 Å². The number of nitrogens with one attached hydrogen (secondary N) is 1. The van der Waals surface area contributed by atoms with Crippen LogP contribution in [0.4, 0.5) is 4.39 Å². The average Bonchev–Trinajstić information content (AvgIpc) is 3.14. The summed E-state index contributed by atoms with van der Waals surface area (Å²) in [4.78, 5) is 24.3. The van der Waals surface area contributed by atoms with Crippen molar-refractivity contribution in [3.8, 4) is 16.9 Å². The minimum absolute atomic E-state index is 0.265. The van der Waals surface area contributed by atoms with Crippen LogP contribution in [0, 0.1) is 5.82 Å². The number of halogens is 1. The van der Waals surface area contributed by atoms with Crippen molar-refractivity contribution in [1.29, 1.82) is 0 Å². The second-order valence-corrected chi connectivity index (χ2v) is 5.90. The van der Waals surface area contributed by atoms with Gasteiger partial charge in [0.05, 0.1) is 18.4 Å². The highest BCUT2D eigenvalue weighted by molar-refractivity contribution is 6.01. The number of nitrogens with zero attached hydrogens (tertiary/aromatic N) is 2. The lowest BCUT2D eigenvalue weighted by molar-refractivity contribution is -0.142. The Kier molecular flexibility index (Phi) is 5.30. The molecule has 6 nitrogen and oxygen atoms in total. The zero-order valence-corrected chi connectivity index (χ0v) is 14.8. The van der Waals surface area contributed by atoms with Gasteiger partial charge in [-0.2, -0.15) is 5.10 Å². The quantitative estimate of drug-likeness (QED) is 0.704. The number of amides is 1. The molecule has 27 heavy (non-hydrogen) atoms. The molecule has 7 heteroatoms. The van der Waals surface area contributed by atoms with Gasteiger partial charge >= 0.3 is 5.97 Å². The molecule has 1 N–H and O–H groups in total. The maximum Gasteiger partial charge on any atom is 0.328 e. The van der Waals surface area contributed by atoms with E-state index in [4.69, 9.17) is 0 Å². The number of carbonyl (C=O) groups is 2. The lowest BCUT2D eigenvalue weighted by Gasteiger charge is -2.11. The molecule has 0 saturated carbocycles. The summed E-state index contributed by atoms with van der Waals surface area (Å²) in [5.41, 5.74) is 2.00. The van der Waals surface area contributed by atoms with E-state index in [9.17, 15) is 14.0 Å². The number of benzene rings is 2. The SMILES string of the molecule is COC(=O)[C@H](C)NC(=O)c1cn(-c2ccccc2)nc1-c1ccc(F)cc1. The first-order chi connectivity index (χ1) is 13.0. The summed E-state index contributed by atoms with van der Waals surface area (Å²) in [6, 6.07) is 14.2. The van der Waals surface area contributed by atoms with Crippen LogP contribution in [-0.2, 0) is 9.53 Å². The normalized spacial score (nSPS) is 11.7. The van der Waals surface area contributed by atoms with Crippen molar-refractivity contribution in [3.63, 3.8) is 0 Å². The Balaban J connectivity index is 2.02. The van der Waals surface area contributed by atoms with Crippen LogP contribution < -0.4 is 5.32 Å². The first-order valence-corrected chi connectivity index (χ1v) is 8.29. The van der Waals surface area contributed by atoms with Gasteiger partial charge in [-0.3, -0.25) is 4.79 Å². The van der Waals surface area contributed by atoms with Crippen molar-refractivity contribution < 1.29 is 18.7 Å². The predicted octanol–water partition coefficient (Wildman–Crippen LogP) is 2.97. The molecule has 0 aliphatic rings. The minimum atomic E-state index is -0.816. The van der Waals surface area contributed by atoms with Crippen LogP contribution in [0.15, 0.2) is 60.8 Å². The van der Waals surface area contributed by atoms with Crippen molar-refractivity contribution in [2.24, 2.45) is 0 Å². The zero-order chi connectivity index (χ0) is 19.4. The van der Waals surface area contributed by atoms with E-state index < -0.39 is 17.9 Å². The molecule has 0 unspecified atom stereocenters. The maximum atomic E-state index is 13.3. The topological polar surface area (TPSA) is 73.2 Å². The van der Waals surface area contributed by atoms with Gasteiger partial charge in [-0.15, -0.1) is 0 Å². The van der Waals surface area contributed by atoms with Gasteiger partial charge in [-0.25, -0.2) is 13.9 Å². The highest BCUT2D eigenvalue weighted by Crippen LogP contribution is 2.24. The van der Waals surface area contributed by atoms with E-state index in [0.717, 1.165) is 5.69 Å². The fourth-order valence-corrected chi connectivity index (χ4v) is 2.58. The Hall–Kier alpha value is -3.48. The summed E-state index contributed by atoms with van der Waals surface area (Å²) < 4.78 is 19.5. The Morgan fingerprint density at radius 3 is 2.41 bits per heavy atom. The Morgan fingerprint density at radius 1 is 1.11 bits per heavy atom. The van der Waals surface area contributed by atoms with E-state index in [-0.39, 0.29) is 11.4 Å². The standard InChI is InChI=1S/C20H18FN3O3/c1-13(20(26)27-2)22-19(25)17-12-24(16-6-4-3-5-7-16)23-18(17)14-8-10-15(21)11-9-14/h3-13H,1-2H3,(H,22,25)/t13-/m0/s1. The van der Waals surface area contributed by atoms with E-state index in [1.165, 1.54) is 26.2 Å². The zero-order valence-electron chi connectivity index (χ0n) is 14.8. The molecule has 0 radical (unpaired) electrons. The van der Waals surface area contributed by atoms with E-state index in [1.54, 1.807) is 23.0 Å². The fourth-order valence-electron chi connectivity index (χ4n) is 2.58. The van der Waals surface area contributed by atoms with Crippen LogP contribution in [-0.4, -0.2) is 34.8 Å². The Morgan fingerprint density at radius 2 is 1.78 bits per heavy atom. The maximum absolute atomic E-state index is 13.3. The number of hydrogen-bond donors (Lipinski definition) is 1. The first-order valence-electron chi connectivity index (χ1n) is 8.29. The van der Waals surface area contributed by atoms with Gasteiger partial charge in [0, 0.05) is 11.8 Å². The van der Waals surface area contributed by atoms with Gasteiger partial charge in [0.15, 0.2) is 0 Å². The molecule has 0 saturated heterocycles. The van der Waals surface area contributed by atoms with Crippen molar-refractivity contribution in [1.82, 2.24) is 15.1 Å². The predicted molar refractivity (Wildman–Crippen MR) is 97.9 cm³/mol. The van der Waals surface area contributed by atoms with Crippen LogP contribution >= 0.6 is 0 Å². The fraction of sp³-hybridized carbons (Fsp3) is 0.150. The molecule has 0 fully saturated rings. The Bertz CT molecular complexity index is 952. The van der Waals surface area contributed by atoms with Gasteiger partial charge in [-0.05, 0) is 43.3 Å². The number of hydrogen-bond acceptors (Lipinski definition) is 4. The molecule has 0 spiro atoms. The highest BCUT2D eigenvalue weighted by atomic mass is 19.1. The third-order valence-electron chi connectivity index (χ3n) is 4.00. The van der Waals surface area contributed by atoms with Gasteiger partial charge in [0.2, 0.25) is 0 Å². The molecule has 1 heterocycles. The van der Waals surface area contributed by atoms with E-state index in [1.807, 2.05) is 30.3 Å². The van der Waals surface area contributed by atoms with Crippen molar-refractivity contribution in [3.05, 3.63) is 72.2 Å². The molecular formula is C20H18FN3O3. The number of para-hydroxylation sites is 1. The number of aromatic nitrogens is 2. The molecule has 2 aromatic carbocycles. The van der Waals surface area contributed by atoms with Crippen LogP contribution in [0.1, 0.15) is 17.3 Å². The van der Waals surface area contributed by atoms with Crippen LogP contribution in [0.5, 0.6) is 0 Å². The van der Waals surface area contributed by atoms with Crippen LogP contribution in [0.3, 0.4) is 0 Å². The summed E-state index contributed by atoms with van der Waals surface area (Å²) in [6.07, 6.45) is 1.58. The van der Waals surface area contributed by atoms with Gasteiger partial charge in [0.25, 0.3) is 5.91 Å². The number of ether oxygens (including phenoxy) is 1. The minimum Gasteiger partial charge on any atom is -0.467 e. The number of esters is 1. The molecule has 0 aliphatic carbocycles. The molecule has 0 aliphatic heterocycles. The first kappa shape index (κ1) is 18.3. The van der Waals surface area contributed by atoms with Crippen molar-refractivity contribution in [2.45, 2.75) is 13.0 Å². The lowest BCUT2D eigenvalue weighted by Crippen LogP contribution is -2.39. The number of methoxy groups -OCH3 is 1. The summed E-state index contributed by atoms with van der Waals surface area (Å²) in [5, 5.41) is 7.08. The van der Waals surface area contributed by atoms with Gasteiger partial charge in [-0.1, -0.05) is 18.2 Å². The van der Waals surface area contributed by atoms with E-state index >= 15 is 0 Å². The van der Waals surface area contributed by atoms with Gasteiger partial charge in [0.1, 0.15) is 17.6 Å². The molecule has 3 aromatic rings. The molecule has 1 aromatic heterocycles. The third-order valence-corrected chi connectivity index (χ3v) is 4.00. The molecule has 1 amide bonds. The molecule has 0 bridgehead atoms. The average molecular weight is 367 g/mol.